The largest absolute Gasteiger partial charge is 0.492 e. The number of ether oxygens (including phenoxy) is 2. The van der Waals surface area contributed by atoms with Crippen molar-refractivity contribution >= 4 is 29.3 Å². The summed E-state index contributed by atoms with van der Waals surface area (Å²) >= 11 is 0. The third-order valence-corrected chi connectivity index (χ3v) is 5.33. The fraction of sp³-hybridized carbons (Fsp3) is 0.304. The highest BCUT2D eigenvalue weighted by atomic mass is 16.5. The minimum Gasteiger partial charge on any atom is -0.492 e. The van der Waals surface area contributed by atoms with Gasteiger partial charge in [-0.25, -0.2) is 0 Å². The summed E-state index contributed by atoms with van der Waals surface area (Å²) in [5, 5.41) is 5.34. The van der Waals surface area contributed by atoms with Crippen LogP contribution >= 0.6 is 0 Å². The van der Waals surface area contributed by atoms with Crippen molar-refractivity contribution in [2.45, 2.75) is 18.9 Å². The van der Waals surface area contributed by atoms with Crippen LogP contribution in [-0.4, -0.2) is 60.9 Å². The lowest BCUT2D eigenvalue weighted by Crippen LogP contribution is -2.54. The first-order valence-electron chi connectivity index (χ1n) is 10.6. The molecule has 1 fully saturated rings. The van der Waals surface area contributed by atoms with E-state index in [0.717, 1.165) is 4.90 Å². The van der Waals surface area contributed by atoms with Crippen LogP contribution in [0.4, 0.5) is 5.69 Å². The summed E-state index contributed by atoms with van der Waals surface area (Å²) in [6.45, 7) is 1.65. The van der Waals surface area contributed by atoms with E-state index in [4.69, 9.17) is 15.2 Å². The first-order valence-corrected chi connectivity index (χ1v) is 10.6. The summed E-state index contributed by atoms with van der Waals surface area (Å²) in [5.41, 5.74) is 6.54. The molecule has 4 rings (SSSR count). The molecule has 10 nitrogen and oxygen atoms in total. The lowest BCUT2D eigenvalue weighted by molar-refractivity contribution is -0.136. The minimum atomic E-state index is -0.982. The fourth-order valence-electron chi connectivity index (χ4n) is 3.78. The number of imide groups is 2. The zero-order valence-electron chi connectivity index (χ0n) is 17.8. The summed E-state index contributed by atoms with van der Waals surface area (Å²) in [6.07, 6.45) is 0.204. The van der Waals surface area contributed by atoms with Crippen LogP contribution in [0.1, 0.15) is 33.6 Å². The van der Waals surface area contributed by atoms with Gasteiger partial charge in [-0.15, -0.1) is 0 Å². The molecule has 2 aromatic rings. The molecule has 2 heterocycles. The molecule has 1 atom stereocenters. The number of nitrogens with zero attached hydrogens (tertiary/aromatic N) is 1. The fourth-order valence-corrected chi connectivity index (χ4v) is 3.78. The summed E-state index contributed by atoms with van der Waals surface area (Å²) < 4.78 is 11.2. The van der Waals surface area contributed by atoms with Crippen LogP contribution in [0, 0.1) is 0 Å². The van der Waals surface area contributed by atoms with Crippen LogP contribution in [0.3, 0.4) is 0 Å². The van der Waals surface area contributed by atoms with Crippen molar-refractivity contribution in [1.29, 1.82) is 0 Å². The van der Waals surface area contributed by atoms with Crippen molar-refractivity contribution in [3.8, 4) is 11.5 Å². The van der Waals surface area contributed by atoms with Gasteiger partial charge in [0.05, 0.1) is 11.1 Å². The number of hydrogen-bond donors (Lipinski definition) is 3. The molecule has 0 bridgehead atoms. The molecule has 2 aliphatic heterocycles. The number of carbonyl (C=O) groups excluding carboxylic acids is 4. The lowest BCUT2D eigenvalue weighted by Gasteiger charge is -2.27. The molecule has 2 aromatic carbocycles. The number of hydrogen-bond acceptors (Lipinski definition) is 8. The third-order valence-electron chi connectivity index (χ3n) is 5.33. The summed E-state index contributed by atoms with van der Waals surface area (Å²) in [7, 11) is 0. The molecule has 172 valence electrons. The number of carbonyl (C=O) groups is 4. The smallest absolute Gasteiger partial charge is 0.262 e. The van der Waals surface area contributed by atoms with Crippen LogP contribution in [-0.2, 0) is 9.59 Å². The molecular weight excluding hydrogens is 428 g/mol. The molecule has 33 heavy (non-hydrogen) atoms. The average molecular weight is 452 g/mol. The van der Waals surface area contributed by atoms with Gasteiger partial charge in [0.1, 0.15) is 30.8 Å². The lowest BCUT2D eigenvalue weighted by atomic mass is 10.0. The zero-order chi connectivity index (χ0) is 23.4. The van der Waals surface area contributed by atoms with Crippen molar-refractivity contribution in [2.24, 2.45) is 5.73 Å². The van der Waals surface area contributed by atoms with Gasteiger partial charge in [0.2, 0.25) is 11.8 Å². The van der Waals surface area contributed by atoms with Crippen LogP contribution in [0.25, 0.3) is 0 Å². The highest BCUT2D eigenvalue weighted by molar-refractivity contribution is 6.23. The number of benzene rings is 2. The second-order valence-corrected chi connectivity index (χ2v) is 7.59. The Bertz CT molecular complexity index is 1100. The monoisotopic (exact) mass is 452 g/mol. The van der Waals surface area contributed by atoms with E-state index in [1.165, 1.54) is 0 Å². The Morgan fingerprint density at radius 1 is 0.970 bits per heavy atom. The highest BCUT2D eigenvalue weighted by Gasteiger charge is 2.44. The first-order chi connectivity index (χ1) is 16.0. The predicted octanol–water partition coefficient (Wildman–Crippen LogP) is 0.916. The Labute approximate surface area is 190 Å². The molecule has 1 unspecified atom stereocenters. The molecule has 0 radical (unpaired) electrons. The SMILES string of the molecule is NCCOc1cccc(OCCNc2ccc3c(c2)C(=O)N(C2CCC(=O)NC2=O)C3=O)c1. The Morgan fingerprint density at radius 3 is 2.42 bits per heavy atom. The standard InChI is InChI=1S/C23H24N4O6/c24-8-10-32-15-2-1-3-16(13-15)33-11-9-25-14-4-5-17-18(12-14)23(31)27(22(17)30)19-6-7-20(28)26-21(19)29/h1-5,12-13,19,25H,6-11,24H2,(H,26,28,29). The summed E-state index contributed by atoms with van der Waals surface area (Å²) in [5.74, 6) is -0.783. The summed E-state index contributed by atoms with van der Waals surface area (Å²) in [4.78, 5) is 50.1. The first kappa shape index (κ1) is 22.3. The van der Waals surface area contributed by atoms with Crippen molar-refractivity contribution < 1.29 is 28.7 Å². The van der Waals surface area contributed by atoms with E-state index in [-0.39, 0.29) is 24.0 Å². The third kappa shape index (κ3) is 4.80. The number of nitrogens with two attached hydrogens (primary N) is 1. The van der Waals surface area contributed by atoms with Crippen LogP contribution < -0.4 is 25.8 Å². The van der Waals surface area contributed by atoms with Gasteiger partial charge in [-0.05, 0) is 36.8 Å². The summed E-state index contributed by atoms with van der Waals surface area (Å²) in [6, 6.07) is 11.1. The van der Waals surface area contributed by atoms with Gasteiger partial charge in [-0.1, -0.05) is 6.07 Å². The predicted molar refractivity (Wildman–Crippen MR) is 118 cm³/mol. The maximum Gasteiger partial charge on any atom is 0.262 e. The van der Waals surface area contributed by atoms with E-state index in [0.29, 0.717) is 43.5 Å². The van der Waals surface area contributed by atoms with E-state index in [9.17, 15) is 19.2 Å². The van der Waals surface area contributed by atoms with Crippen LogP contribution in [0.5, 0.6) is 11.5 Å². The molecule has 4 amide bonds. The number of piperidine rings is 1. The average Bonchev–Trinajstić information content (AvgIpc) is 3.05. The minimum absolute atomic E-state index is 0.0820. The zero-order valence-corrected chi connectivity index (χ0v) is 17.8. The number of fused-ring (bicyclic) bond motifs is 1. The Kier molecular flexibility index (Phi) is 6.55. The van der Waals surface area contributed by atoms with Crippen molar-refractivity contribution in [3.05, 3.63) is 53.6 Å². The van der Waals surface area contributed by atoms with Gasteiger partial charge in [0, 0.05) is 31.3 Å². The molecule has 0 aromatic heterocycles. The second kappa shape index (κ2) is 9.70. The quantitative estimate of drug-likeness (QED) is 0.377. The maximum absolute atomic E-state index is 12.9. The number of anilines is 1. The number of nitrogens with one attached hydrogen (secondary N) is 2. The molecule has 0 saturated carbocycles. The van der Waals surface area contributed by atoms with Crippen molar-refractivity contribution in [2.75, 3.05) is 31.6 Å². The van der Waals surface area contributed by atoms with E-state index in [1.807, 2.05) is 18.2 Å². The molecule has 0 spiro atoms. The van der Waals surface area contributed by atoms with Gasteiger partial charge < -0.3 is 20.5 Å². The van der Waals surface area contributed by atoms with Gasteiger partial charge >= 0.3 is 0 Å². The van der Waals surface area contributed by atoms with Crippen molar-refractivity contribution in [1.82, 2.24) is 10.2 Å². The Morgan fingerprint density at radius 2 is 1.70 bits per heavy atom. The van der Waals surface area contributed by atoms with E-state index in [2.05, 4.69) is 10.6 Å². The molecule has 10 heteroatoms. The van der Waals surface area contributed by atoms with E-state index >= 15 is 0 Å². The molecule has 1 saturated heterocycles. The molecular formula is C23H24N4O6. The normalized spacial score (nSPS) is 17.6. The number of rotatable bonds is 9. The maximum atomic E-state index is 12.9. The number of amides is 4. The van der Waals surface area contributed by atoms with Gasteiger partial charge in [0.25, 0.3) is 11.8 Å². The Hall–Kier alpha value is -3.92. The molecule has 0 aliphatic carbocycles. The van der Waals surface area contributed by atoms with E-state index in [1.54, 1.807) is 24.3 Å². The Balaban J connectivity index is 1.35. The van der Waals surface area contributed by atoms with Crippen molar-refractivity contribution in [3.63, 3.8) is 0 Å². The van der Waals surface area contributed by atoms with Gasteiger partial charge in [-0.2, -0.15) is 0 Å². The van der Waals surface area contributed by atoms with Crippen LogP contribution in [0.2, 0.25) is 0 Å². The van der Waals surface area contributed by atoms with E-state index < -0.39 is 29.7 Å². The van der Waals surface area contributed by atoms with Crippen LogP contribution in [0.15, 0.2) is 42.5 Å². The van der Waals surface area contributed by atoms with Gasteiger partial charge in [0.15, 0.2) is 0 Å². The topological polar surface area (TPSA) is 140 Å². The molecule has 2 aliphatic rings. The molecule has 4 N–H and O–H groups in total. The highest BCUT2D eigenvalue weighted by Crippen LogP contribution is 2.29. The second-order valence-electron chi connectivity index (χ2n) is 7.59. The van der Waals surface area contributed by atoms with Gasteiger partial charge in [-0.3, -0.25) is 29.4 Å².